The summed E-state index contributed by atoms with van der Waals surface area (Å²) in [7, 11) is -3.49. The SMILES string of the molecule is CCCCCCCCCCCCCS(=O)(=O)c1ccc2c(c1)C(=O)c1ccccc1C2=O. The second-order valence-corrected chi connectivity index (χ2v) is 10.9. The largest absolute Gasteiger partial charge is 0.289 e. The van der Waals surface area contributed by atoms with Gasteiger partial charge in [-0.25, -0.2) is 8.42 Å². The Labute approximate surface area is 192 Å². The van der Waals surface area contributed by atoms with Gasteiger partial charge < -0.3 is 0 Å². The predicted molar refractivity (Wildman–Crippen MR) is 128 cm³/mol. The van der Waals surface area contributed by atoms with E-state index in [0.29, 0.717) is 17.5 Å². The van der Waals surface area contributed by atoms with E-state index >= 15 is 0 Å². The van der Waals surface area contributed by atoms with Crippen LogP contribution < -0.4 is 0 Å². The maximum atomic E-state index is 12.8. The van der Waals surface area contributed by atoms with Gasteiger partial charge in [-0.2, -0.15) is 0 Å². The summed E-state index contributed by atoms with van der Waals surface area (Å²) >= 11 is 0. The molecule has 0 unspecified atom stereocenters. The number of unbranched alkanes of at least 4 members (excludes halogenated alkanes) is 10. The molecule has 0 N–H and O–H groups in total. The van der Waals surface area contributed by atoms with Crippen molar-refractivity contribution in [2.45, 2.75) is 82.4 Å². The van der Waals surface area contributed by atoms with E-state index in [1.54, 1.807) is 24.3 Å². The molecule has 3 rings (SSSR count). The molecule has 5 heteroatoms. The molecule has 0 heterocycles. The third kappa shape index (κ3) is 5.94. The Kier molecular flexibility index (Phi) is 8.80. The molecule has 2 aromatic rings. The Morgan fingerprint density at radius 2 is 1.06 bits per heavy atom. The Hall–Kier alpha value is -2.27. The second kappa shape index (κ2) is 11.6. The van der Waals surface area contributed by atoms with Gasteiger partial charge in [-0.15, -0.1) is 0 Å². The Bertz CT molecular complexity index is 1050. The first-order chi connectivity index (χ1) is 15.5. The zero-order valence-electron chi connectivity index (χ0n) is 19.1. The summed E-state index contributed by atoms with van der Waals surface area (Å²) in [6.07, 6.45) is 12.8. The van der Waals surface area contributed by atoms with Gasteiger partial charge in [0.15, 0.2) is 21.4 Å². The summed E-state index contributed by atoms with van der Waals surface area (Å²) in [5, 5.41) is 0. The van der Waals surface area contributed by atoms with E-state index in [-0.39, 0.29) is 33.3 Å². The van der Waals surface area contributed by atoms with Crippen LogP contribution >= 0.6 is 0 Å². The standard InChI is InChI=1S/C27H34O4S/c1-2-3-4-5-6-7-8-9-10-11-14-19-32(30,31)21-17-18-24-25(20-21)27(29)23-16-13-12-15-22(23)26(24)28/h12-13,15-18,20H,2-11,14,19H2,1H3. The van der Waals surface area contributed by atoms with Crippen LogP contribution in [0.15, 0.2) is 47.4 Å². The number of ketones is 2. The molecule has 0 spiro atoms. The molecular weight excluding hydrogens is 420 g/mol. The monoisotopic (exact) mass is 454 g/mol. The molecule has 4 nitrogen and oxygen atoms in total. The molecule has 0 bridgehead atoms. The average Bonchev–Trinajstić information content (AvgIpc) is 2.80. The van der Waals surface area contributed by atoms with E-state index < -0.39 is 9.84 Å². The van der Waals surface area contributed by atoms with Gasteiger partial charge in [-0.05, 0) is 24.6 Å². The van der Waals surface area contributed by atoms with E-state index in [4.69, 9.17) is 0 Å². The van der Waals surface area contributed by atoms with E-state index in [2.05, 4.69) is 6.92 Å². The van der Waals surface area contributed by atoms with Gasteiger partial charge >= 0.3 is 0 Å². The van der Waals surface area contributed by atoms with E-state index in [0.717, 1.165) is 19.3 Å². The number of benzene rings is 2. The van der Waals surface area contributed by atoms with Crippen LogP contribution in [0.1, 0.15) is 109 Å². The van der Waals surface area contributed by atoms with Gasteiger partial charge in [0.1, 0.15) is 0 Å². The summed E-state index contributed by atoms with van der Waals surface area (Å²) in [4.78, 5) is 25.7. The zero-order valence-corrected chi connectivity index (χ0v) is 19.9. The third-order valence-corrected chi connectivity index (χ3v) is 8.07. The van der Waals surface area contributed by atoms with Crippen molar-refractivity contribution in [3.05, 3.63) is 64.7 Å². The number of rotatable bonds is 13. The molecule has 1 aliphatic carbocycles. The maximum absolute atomic E-state index is 12.8. The molecular formula is C27H34O4S. The number of fused-ring (bicyclic) bond motifs is 2. The lowest BCUT2D eigenvalue weighted by atomic mass is 9.84. The summed E-state index contributed by atoms with van der Waals surface area (Å²) in [5.41, 5.74) is 1.18. The van der Waals surface area contributed by atoms with Crippen LogP contribution in [0.2, 0.25) is 0 Å². The number of carbonyl (C=O) groups is 2. The fourth-order valence-electron chi connectivity index (χ4n) is 4.35. The molecule has 0 fully saturated rings. The molecule has 0 atom stereocenters. The van der Waals surface area contributed by atoms with Gasteiger partial charge in [0.25, 0.3) is 0 Å². The minimum absolute atomic E-state index is 0.0710. The maximum Gasteiger partial charge on any atom is 0.194 e. The van der Waals surface area contributed by atoms with Crippen LogP contribution in [-0.4, -0.2) is 25.7 Å². The molecule has 0 radical (unpaired) electrons. The van der Waals surface area contributed by atoms with E-state index in [9.17, 15) is 18.0 Å². The second-order valence-electron chi connectivity index (χ2n) is 8.77. The highest BCUT2D eigenvalue weighted by atomic mass is 32.2. The minimum atomic E-state index is -3.49. The molecule has 0 aliphatic heterocycles. The van der Waals surface area contributed by atoms with Crippen molar-refractivity contribution >= 4 is 21.4 Å². The van der Waals surface area contributed by atoms with Crippen molar-refractivity contribution in [1.29, 1.82) is 0 Å². The molecule has 1 aliphatic rings. The Morgan fingerprint density at radius 1 is 0.594 bits per heavy atom. The molecule has 0 saturated carbocycles. The van der Waals surface area contributed by atoms with Crippen LogP contribution in [0.25, 0.3) is 0 Å². The molecule has 0 saturated heterocycles. The normalized spacial score (nSPS) is 13.2. The van der Waals surface area contributed by atoms with Crippen LogP contribution in [0.3, 0.4) is 0 Å². The predicted octanol–water partition coefficient (Wildman–Crippen LogP) is 6.55. The lowest BCUT2D eigenvalue weighted by Gasteiger charge is -2.18. The minimum Gasteiger partial charge on any atom is -0.289 e. The molecule has 0 amide bonds. The highest BCUT2D eigenvalue weighted by Crippen LogP contribution is 2.29. The van der Waals surface area contributed by atoms with Crippen LogP contribution in [-0.2, 0) is 9.84 Å². The van der Waals surface area contributed by atoms with Crippen molar-refractivity contribution in [3.8, 4) is 0 Å². The van der Waals surface area contributed by atoms with Gasteiger partial charge in [0.2, 0.25) is 0 Å². The molecule has 0 aromatic heterocycles. The van der Waals surface area contributed by atoms with Crippen LogP contribution in [0, 0.1) is 0 Å². The first kappa shape index (κ1) is 24.4. The zero-order chi connectivity index (χ0) is 23.0. The lowest BCUT2D eigenvalue weighted by molar-refractivity contribution is 0.0979. The molecule has 32 heavy (non-hydrogen) atoms. The average molecular weight is 455 g/mol. The first-order valence-electron chi connectivity index (χ1n) is 12.0. The summed E-state index contributed by atoms with van der Waals surface area (Å²) in [5.74, 6) is -0.451. The fraction of sp³-hybridized carbons (Fsp3) is 0.481. The van der Waals surface area contributed by atoms with Gasteiger partial charge in [0, 0.05) is 22.3 Å². The van der Waals surface area contributed by atoms with Crippen molar-refractivity contribution in [2.75, 3.05) is 5.75 Å². The molecule has 2 aromatic carbocycles. The number of carbonyl (C=O) groups excluding carboxylic acids is 2. The highest BCUT2D eigenvalue weighted by Gasteiger charge is 2.30. The summed E-state index contributed by atoms with van der Waals surface area (Å²) in [6.45, 7) is 2.23. The van der Waals surface area contributed by atoms with Crippen molar-refractivity contribution < 1.29 is 18.0 Å². The van der Waals surface area contributed by atoms with Crippen LogP contribution in [0.5, 0.6) is 0 Å². The number of hydrogen-bond acceptors (Lipinski definition) is 4. The number of sulfone groups is 1. The van der Waals surface area contributed by atoms with Gasteiger partial charge in [-0.3, -0.25) is 9.59 Å². The quantitative estimate of drug-likeness (QED) is 0.275. The Morgan fingerprint density at radius 3 is 1.62 bits per heavy atom. The fourth-order valence-corrected chi connectivity index (χ4v) is 5.74. The van der Waals surface area contributed by atoms with E-state index in [1.807, 2.05) is 0 Å². The van der Waals surface area contributed by atoms with Gasteiger partial charge in [0.05, 0.1) is 10.6 Å². The van der Waals surface area contributed by atoms with Gasteiger partial charge in [-0.1, -0.05) is 95.4 Å². The van der Waals surface area contributed by atoms with Crippen LogP contribution in [0.4, 0.5) is 0 Å². The van der Waals surface area contributed by atoms with Crippen molar-refractivity contribution in [2.24, 2.45) is 0 Å². The smallest absolute Gasteiger partial charge is 0.194 e. The number of hydrogen-bond donors (Lipinski definition) is 0. The molecule has 172 valence electrons. The van der Waals surface area contributed by atoms with E-state index in [1.165, 1.54) is 63.1 Å². The first-order valence-corrected chi connectivity index (χ1v) is 13.7. The lowest BCUT2D eigenvalue weighted by Crippen LogP contribution is -2.21. The van der Waals surface area contributed by atoms with Crippen molar-refractivity contribution in [1.82, 2.24) is 0 Å². The summed E-state index contributed by atoms with van der Waals surface area (Å²) in [6, 6.07) is 11.0. The third-order valence-electron chi connectivity index (χ3n) is 6.27. The Balaban J connectivity index is 1.49. The highest BCUT2D eigenvalue weighted by molar-refractivity contribution is 7.91. The van der Waals surface area contributed by atoms with Crippen molar-refractivity contribution in [3.63, 3.8) is 0 Å². The topological polar surface area (TPSA) is 68.3 Å². The summed E-state index contributed by atoms with van der Waals surface area (Å²) < 4.78 is 25.6.